The summed E-state index contributed by atoms with van der Waals surface area (Å²) >= 11 is 0. The zero-order valence-corrected chi connectivity index (χ0v) is 11.8. The van der Waals surface area contributed by atoms with Crippen LogP contribution >= 0.6 is 0 Å². The van der Waals surface area contributed by atoms with Gasteiger partial charge in [0.25, 0.3) is 0 Å². The third-order valence-corrected chi connectivity index (χ3v) is 4.10. The van der Waals surface area contributed by atoms with Gasteiger partial charge in [-0.05, 0) is 43.4 Å². The second-order valence-corrected chi connectivity index (χ2v) is 5.72. The van der Waals surface area contributed by atoms with Crippen molar-refractivity contribution < 1.29 is 14.6 Å². The molecule has 1 heterocycles. The van der Waals surface area contributed by atoms with Crippen LogP contribution in [0.5, 0.6) is 11.5 Å². The Kier molecular flexibility index (Phi) is 4.43. The fourth-order valence-corrected chi connectivity index (χ4v) is 2.86. The lowest BCUT2D eigenvalue weighted by Crippen LogP contribution is -2.34. The molecular formula is C16H23NO3. The minimum Gasteiger partial charge on any atom is -0.490 e. The second kappa shape index (κ2) is 6.46. The molecule has 2 aliphatic rings. The van der Waals surface area contributed by atoms with Crippen LogP contribution in [0.25, 0.3) is 0 Å². The molecule has 1 aliphatic heterocycles. The highest BCUT2D eigenvalue weighted by atomic mass is 16.5. The molecule has 1 fully saturated rings. The lowest BCUT2D eigenvalue weighted by atomic mass is 9.93. The molecule has 3 rings (SSSR count). The largest absolute Gasteiger partial charge is 0.490 e. The first kappa shape index (κ1) is 13.7. The van der Waals surface area contributed by atoms with Gasteiger partial charge in [-0.15, -0.1) is 0 Å². The number of aliphatic hydroxyl groups excluding tert-OH is 1. The zero-order valence-electron chi connectivity index (χ0n) is 11.8. The van der Waals surface area contributed by atoms with E-state index in [2.05, 4.69) is 17.4 Å². The van der Waals surface area contributed by atoms with Crippen molar-refractivity contribution in [2.75, 3.05) is 13.2 Å². The maximum absolute atomic E-state index is 9.51. The van der Waals surface area contributed by atoms with Gasteiger partial charge in [-0.3, -0.25) is 0 Å². The van der Waals surface area contributed by atoms with E-state index in [1.165, 1.54) is 5.56 Å². The van der Waals surface area contributed by atoms with E-state index in [0.29, 0.717) is 6.04 Å². The third kappa shape index (κ3) is 3.44. The van der Waals surface area contributed by atoms with Crippen molar-refractivity contribution in [1.82, 2.24) is 5.32 Å². The van der Waals surface area contributed by atoms with Crippen LogP contribution in [0, 0.1) is 0 Å². The summed E-state index contributed by atoms with van der Waals surface area (Å²) in [6, 6.07) is 6.69. The quantitative estimate of drug-likeness (QED) is 0.889. The molecule has 0 spiro atoms. The van der Waals surface area contributed by atoms with Crippen molar-refractivity contribution >= 4 is 0 Å². The monoisotopic (exact) mass is 277 g/mol. The second-order valence-electron chi connectivity index (χ2n) is 5.72. The van der Waals surface area contributed by atoms with Gasteiger partial charge in [-0.25, -0.2) is 0 Å². The van der Waals surface area contributed by atoms with E-state index in [-0.39, 0.29) is 6.10 Å². The number of fused-ring (bicyclic) bond motifs is 1. The molecule has 0 radical (unpaired) electrons. The van der Waals surface area contributed by atoms with Gasteiger partial charge in [0.2, 0.25) is 0 Å². The van der Waals surface area contributed by atoms with Crippen LogP contribution in [0.3, 0.4) is 0 Å². The Bertz CT molecular complexity index is 441. The third-order valence-electron chi connectivity index (χ3n) is 4.10. The molecule has 110 valence electrons. The molecule has 0 bridgehead atoms. The van der Waals surface area contributed by atoms with E-state index in [1.54, 1.807) is 0 Å². The highest BCUT2D eigenvalue weighted by Gasteiger charge is 2.19. The fourth-order valence-electron chi connectivity index (χ4n) is 2.86. The molecular weight excluding hydrogens is 254 g/mol. The normalized spacial score (nSPS) is 26.1. The fraction of sp³-hybridized carbons (Fsp3) is 0.625. The standard InChI is InChI=1S/C16H23NO3/c18-14-5-3-13(4-6-14)17-11-12-2-7-15-16(10-12)20-9-1-8-19-15/h2,7,10,13-14,17-18H,1,3-6,8-9,11H2. The van der Waals surface area contributed by atoms with Gasteiger partial charge in [-0.1, -0.05) is 6.07 Å². The number of hydrogen-bond donors (Lipinski definition) is 2. The van der Waals surface area contributed by atoms with E-state index in [0.717, 1.165) is 63.4 Å². The summed E-state index contributed by atoms with van der Waals surface area (Å²) in [5, 5.41) is 13.1. The van der Waals surface area contributed by atoms with Gasteiger partial charge in [0.05, 0.1) is 19.3 Å². The van der Waals surface area contributed by atoms with Crippen LogP contribution in [0.15, 0.2) is 18.2 Å². The molecule has 1 saturated carbocycles. The van der Waals surface area contributed by atoms with Gasteiger partial charge in [0, 0.05) is 19.0 Å². The highest BCUT2D eigenvalue weighted by Crippen LogP contribution is 2.30. The first-order chi connectivity index (χ1) is 9.81. The Morgan fingerprint density at radius 1 is 1.05 bits per heavy atom. The predicted molar refractivity (Wildman–Crippen MR) is 77.2 cm³/mol. The molecule has 0 saturated heterocycles. The smallest absolute Gasteiger partial charge is 0.161 e. The molecule has 0 atom stereocenters. The Hall–Kier alpha value is -1.26. The Balaban J connectivity index is 1.56. The Morgan fingerprint density at radius 2 is 1.80 bits per heavy atom. The van der Waals surface area contributed by atoms with Gasteiger partial charge in [0.15, 0.2) is 11.5 Å². The van der Waals surface area contributed by atoms with Gasteiger partial charge >= 0.3 is 0 Å². The van der Waals surface area contributed by atoms with Crippen LogP contribution in [-0.2, 0) is 6.54 Å². The average molecular weight is 277 g/mol. The summed E-state index contributed by atoms with van der Waals surface area (Å²) in [5.41, 5.74) is 1.22. The molecule has 0 aromatic heterocycles. The minimum atomic E-state index is -0.0916. The maximum atomic E-state index is 9.51. The van der Waals surface area contributed by atoms with Gasteiger partial charge in [-0.2, -0.15) is 0 Å². The van der Waals surface area contributed by atoms with Crippen molar-refractivity contribution in [3.8, 4) is 11.5 Å². The molecule has 2 N–H and O–H groups in total. The molecule has 4 nitrogen and oxygen atoms in total. The lowest BCUT2D eigenvalue weighted by molar-refractivity contribution is 0.116. The lowest BCUT2D eigenvalue weighted by Gasteiger charge is -2.26. The number of ether oxygens (including phenoxy) is 2. The summed E-state index contributed by atoms with van der Waals surface area (Å²) in [6.45, 7) is 2.30. The number of hydrogen-bond acceptors (Lipinski definition) is 4. The number of rotatable bonds is 3. The summed E-state index contributed by atoms with van der Waals surface area (Å²) in [6.07, 6.45) is 4.80. The van der Waals surface area contributed by atoms with E-state index in [1.807, 2.05) is 6.07 Å². The summed E-state index contributed by atoms with van der Waals surface area (Å²) in [5.74, 6) is 1.72. The Morgan fingerprint density at radius 3 is 2.60 bits per heavy atom. The zero-order chi connectivity index (χ0) is 13.8. The summed E-state index contributed by atoms with van der Waals surface area (Å²) in [4.78, 5) is 0. The SMILES string of the molecule is OC1CCC(NCc2ccc3c(c2)OCCCO3)CC1. The van der Waals surface area contributed by atoms with Crippen molar-refractivity contribution in [3.05, 3.63) is 23.8 Å². The molecule has 0 amide bonds. The van der Waals surface area contributed by atoms with E-state index in [9.17, 15) is 5.11 Å². The molecule has 0 unspecified atom stereocenters. The minimum absolute atomic E-state index is 0.0916. The first-order valence-electron chi connectivity index (χ1n) is 7.61. The molecule has 1 aliphatic carbocycles. The molecule has 1 aromatic rings. The van der Waals surface area contributed by atoms with Crippen molar-refractivity contribution in [3.63, 3.8) is 0 Å². The molecule has 1 aromatic carbocycles. The molecule has 4 heteroatoms. The van der Waals surface area contributed by atoms with Crippen LogP contribution in [0.2, 0.25) is 0 Å². The summed E-state index contributed by atoms with van der Waals surface area (Å²) in [7, 11) is 0. The number of nitrogens with one attached hydrogen (secondary N) is 1. The predicted octanol–water partition coefficient (Wildman–Crippen LogP) is 2.24. The van der Waals surface area contributed by atoms with Crippen LogP contribution in [-0.4, -0.2) is 30.5 Å². The van der Waals surface area contributed by atoms with Crippen LogP contribution in [0.4, 0.5) is 0 Å². The maximum Gasteiger partial charge on any atom is 0.161 e. The van der Waals surface area contributed by atoms with Crippen LogP contribution < -0.4 is 14.8 Å². The van der Waals surface area contributed by atoms with Gasteiger partial charge in [0.1, 0.15) is 0 Å². The highest BCUT2D eigenvalue weighted by molar-refractivity contribution is 5.43. The average Bonchev–Trinajstić information content (AvgIpc) is 2.71. The number of aliphatic hydroxyl groups is 1. The first-order valence-corrected chi connectivity index (χ1v) is 7.61. The number of benzene rings is 1. The van der Waals surface area contributed by atoms with E-state index >= 15 is 0 Å². The van der Waals surface area contributed by atoms with Crippen molar-refractivity contribution in [1.29, 1.82) is 0 Å². The van der Waals surface area contributed by atoms with Crippen molar-refractivity contribution in [2.24, 2.45) is 0 Å². The Labute approximate surface area is 120 Å². The molecule has 20 heavy (non-hydrogen) atoms. The van der Waals surface area contributed by atoms with E-state index in [4.69, 9.17) is 9.47 Å². The topological polar surface area (TPSA) is 50.7 Å². The van der Waals surface area contributed by atoms with Crippen molar-refractivity contribution in [2.45, 2.75) is 50.8 Å². The van der Waals surface area contributed by atoms with Crippen LogP contribution in [0.1, 0.15) is 37.7 Å². The summed E-state index contributed by atoms with van der Waals surface area (Å²) < 4.78 is 11.3. The van der Waals surface area contributed by atoms with Gasteiger partial charge < -0.3 is 19.9 Å². The van der Waals surface area contributed by atoms with E-state index < -0.39 is 0 Å².